The highest BCUT2D eigenvalue weighted by Crippen LogP contribution is 2.48. The molecule has 0 N–H and O–H groups in total. The highest BCUT2D eigenvalue weighted by Gasteiger charge is 2.43. The van der Waals surface area contributed by atoms with Crippen LogP contribution < -0.4 is 4.90 Å². The predicted octanol–water partition coefficient (Wildman–Crippen LogP) is 1.73. The van der Waals surface area contributed by atoms with Crippen LogP contribution in [0, 0.1) is 16.7 Å². The topological polar surface area (TPSA) is 52.8 Å². The standard InChI is InChI=1S/C12H14N4/c13-8-10-2-3-11(15-14-10)16-7-6-12(9-16)4-1-5-12/h2-3H,1,4-7,9H2. The molecule has 4 heteroatoms. The van der Waals surface area contributed by atoms with Gasteiger partial charge < -0.3 is 4.90 Å². The van der Waals surface area contributed by atoms with Gasteiger partial charge >= 0.3 is 0 Å². The molecule has 3 rings (SSSR count). The van der Waals surface area contributed by atoms with Gasteiger partial charge in [-0.2, -0.15) is 5.26 Å². The monoisotopic (exact) mass is 214 g/mol. The van der Waals surface area contributed by atoms with Crippen LogP contribution in [-0.4, -0.2) is 23.3 Å². The summed E-state index contributed by atoms with van der Waals surface area (Å²) in [4.78, 5) is 2.30. The summed E-state index contributed by atoms with van der Waals surface area (Å²) in [6.07, 6.45) is 5.40. The number of nitrogens with zero attached hydrogens (tertiary/aromatic N) is 4. The van der Waals surface area contributed by atoms with Crippen LogP contribution in [0.25, 0.3) is 0 Å². The van der Waals surface area contributed by atoms with Gasteiger partial charge in [0, 0.05) is 13.1 Å². The summed E-state index contributed by atoms with van der Waals surface area (Å²) in [5.41, 5.74) is 0.969. The molecule has 1 saturated carbocycles. The maximum Gasteiger partial charge on any atom is 0.163 e. The van der Waals surface area contributed by atoms with Crippen LogP contribution in [0.3, 0.4) is 0 Å². The third-order valence-corrected chi connectivity index (χ3v) is 3.94. The summed E-state index contributed by atoms with van der Waals surface area (Å²) in [5.74, 6) is 0.919. The van der Waals surface area contributed by atoms with E-state index in [1.807, 2.05) is 12.1 Å². The van der Waals surface area contributed by atoms with E-state index in [0.717, 1.165) is 18.9 Å². The SMILES string of the molecule is N#Cc1ccc(N2CCC3(CCC3)C2)nn1. The fourth-order valence-electron chi connectivity index (χ4n) is 2.77. The summed E-state index contributed by atoms with van der Waals surface area (Å²) in [7, 11) is 0. The summed E-state index contributed by atoms with van der Waals surface area (Å²) in [5, 5.41) is 16.6. The van der Waals surface area contributed by atoms with Crippen molar-refractivity contribution in [1.29, 1.82) is 5.26 Å². The smallest absolute Gasteiger partial charge is 0.163 e. The highest BCUT2D eigenvalue weighted by molar-refractivity contribution is 5.41. The fourth-order valence-corrected chi connectivity index (χ4v) is 2.77. The van der Waals surface area contributed by atoms with E-state index in [2.05, 4.69) is 15.1 Å². The quantitative estimate of drug-likeness (QED) is 0.714. The van der Waals surface area contributed by atoms with Crippen molar-refractivity contribution in [3.63, 3.8) is 0 Å². The molecule has 82 valence electrons. The summed E-state index contributed by atoms with van der Waals surface area (Å²) < 4.78 is 0. The van der Waals surface area contributed by atoms with Crippen LogP contribution in [0.4, 0.5) is 5.82 Å². The molecule has 0 unspecified atom stereocenters. The number of hydrogen-bond donors (Lipinski definition) is 0. The second kappa shape index (κ2) is 3.44. The van der Waals surface area contributed by atoms with Crippen molar-refractivity contribution in [2.45, 2.75) is 25.7 Å². The molecular formula is C12H14N4. The van der Waals surface area contributed by atoms with Crippen molar-refractivity contribution in [2.75, 3.05) is 18.0 Å². The van der Waals surface area contributed by atoms with Crippen molar-refractivity contribution in [1.82, 2.24) is 10.2 Å². The molecule has 0 radical (unpaired) electrons. The van der Waals surface area contributed by atoms with Gasteiger partial charge in [0.05, 0.1) is 0 Å². The van der Waals surface area contributed by atoms with E-state index in [0.29, 0.717) is 11.1 Å². The minimum Gasteiger partial charge on any atom is -0.355 e. The second-order valence-corrected chi connectivity index (χ2v) is 4.91. The molecule has 0 atom stereocenters. The Morgan fingerprint density at radius 2 is 2.12 bits per heavy atom. The van der Waals surface area contributed by atoms with Gasteiger partial charge in [-0.3, -0.25) is 0 Å². The van der Waals surface area contributed by atoms with Crippen molar-refractivity contribution >= 4 is 5.82 Å². The fraction of sp³-hybridized carbons (Fsp3) is 0.583. The maximum absolute atomic E-state index is 8.66. The molecule has 1 aromatic heterocycles. The van der Waals surface area contributed by atoms with E-state index < -0.39 is 0 Å². The van der Waals surface area contributed by atoms with Crippen molar-refractivity contribution in [3.8, 4) is 6.07 Å². The average Bonchev–Trinajstić information content (AvgIpc) is 2.74. The lowest BCUT2D eigenvalue weighted by atomic mass is 9.68. The molecule has 1 aliphatic carbocycles. The largest absolute Gasteiger partial charge is 0.355 e. The Bertz CT molecular complexity index is 427. The van der Waals surface area contributed by atoms with Gasteiger partial charge in [0.15, 0.2) is 11.5 Å². The Labute approximate surface area is 94.9 Å². The van der Waals surface area contributed by atoms with E-state index >= 15 is 0 Å². The first-order valence-corrected chi connectivity index (χ1v) is 5.80. The molecule has 2 heterocycles. The Hall–Kier alpha value is -1.63. The first-order valence-electron chi connectivity index (χ1n) is 5.80. The summed E-state index contributed by atoms with van der Waals surface area (Å²) in [6.45, 7) is 2.20. The number of aromatic nitrogens is 2. The van der Waals surface area contributed by atoms with Crippen LogP contribution in [0.15, 0.2) is 12.1 Å². The van der Waals surface area contributed by atoms with Gasteiger partial charge in [-0.15, -0.1) is 10.2 Å². The lowest BCUT2D eigenvalue weighted by Crippen LogP contribution is -2.33. The van der Waals surface area contributed by atoms with Gasteiger partial charge in [-0.25, -0.2) is 0 Å². The van der Waals surface area contributed by atoms with E-state index in [9.17, 15) is 0 Å². The number of hydrogen-bond acceptors (Lipinski definition) is 4. The Balaban J connectivity index is 1.76. The van der Waals surface area contributed by atoms with E-state index in [1.54, 1.807) is 6.07 Å². The summed E-state index contributed by atoms with van der Waals surface area (Å²) >= 11 is 0. The Morgan fingerprint density at radius 3 is 2.62 bits per heavy atom. The molecule has 0 bridgehead atoms. The molecule has 0 amide bonds. The molecular weight excluding hydrogens is 200 g/mol. The molecule has 1 spiro atoms. The van der Waals surface area contributed by atoms with Crippen molar-refractivity contribution in [3.05, 3.63) is 17.8 Å². The minimum atomic E-state index is 0.390. The first-order chi connectivity index (χ1) is 7.81. The zero-order valence-electron chi connectivity index (χ0n) is 9.19. The average molecular weight is 214 g/mol. The first kappa shape index (κ1) is 9.59. The van der Waals surface area contributed by atoms with Crippen LogP contribution >= 0.6 is 0 Å². The molecule has 1 aliphatic heterocycles. The Kier molecular flexibility index (Phi) is 2.06. The molecule has 2 fully saturated rings. The third kappa shape index (κ3) is 1.44. The predicted molar refractivity (Wildman–Crippen MR) is 59.9 cm³/mol. The molecule has 4 nitrogen and oxygen atoms in total. The lowest BCUT2D eigenvalue weighted by Gasteiger charge is -2.38. The zero-order chi connectivity index (χ0) is 11.0. The minimum absolute atomic E-state index is 0.390. The molecule has 1 saturated heterocycles. The van der Waals surface area contributed by atoms with E-state index in [-0.39, 0.29) is 0 Å². The lowest BCUT2D eigenvalue weighted by molar-refractivity contribution is 0.165. The molecule has 1 aromatic rings. The van der Waals surface area contributed by atoms with Gasteiger partial charge in [0.2, 0.25) is 0 Å². The number of rotatable bonds is 1. The van der Waals surface area contributed by atoms with Crippen LogP contribution in [0.5, 0.6) is 0 Å². The zero-order valence-corrected chi connectivity index (χ0v) is 9.19. The molecule has 2 aliphatic rings. The number of anilines is 1. The van der Waals surface area contributed by atoms with Gasteiger partial charge in [0.25, 0.3) is 0 Å². The van der Waals surface area contributed by atoms with Gasteiger partial charge in [0.1, 0.15) is 6.07 Å². The van der Waals surface area contributed by atoms with Crippen LogP contribution in [0.1, 0.15) is 31.4 Å². The van der Waals surface area contributed by atoms with Crippen LogP contribution in [-0.2, 0) is 0 Å². The maximum atomic E-state index is 8.66. The normalized spacial score (nSPS) is 21.8. The highest BCUT2D eigenvalue weighted by atomic mass is 15.3. The van der Waals surface area contributed by atoms with Crippen molar-refractivity contribution in [2.24, 2.45) is 5.41 Å². The second-order valence-electron chi connectivity index (χ2n) is 4.91. The molecule has 0 aromatic carbocycles. The van der Waals surface area contributed by atoms with E-state index in [1.165, 1.54) is 25.7 Å². The van der Waals surface area contributed by atoms with Gasteiger partial charge in [-0.05, 0) is 36.8 Å². The van der Waals surface area contributed by atoms with E-state index in [4.69, 9.17) is 5.26 Å². The molecule has 16 heavy (non-hydrogen) atoms. The van der Waals surface area contributed by atoms with Crippen LogP contribution in [0.2, 0.25) is 0 Å². The Morgan fingerprint density at radius 1 is 1.25 bits per heavy atom. The summed E-state index contributed by atoms with van der Waals surface area (Å²) in [6, 6.07) is 5.64. The third-order valence-electron chi connectivity index (χ3n) is 3.94. The van der Waals surface area contributed by atoms with Gasteiger partial charge in [-0.1, -0.05) is 6.42 Å². The van der Waals surface area contributed by atoms with Crippen molar-refractivity contribution < 1.29 is 0 Å². The number of nitriles is 1.